The zero-order valence-corrected chi connectivity index (χ0v) is 15.0. The number of rotatable bonds is 5. The SMILES string of the molecule is COc1cccc(CN2CCC(C(=O)Nc3ccccc3C)CC2)c1. The zero-order valence-electron chi connectivity index (χ0n) is 15.0. The van der Waals surface area contributed by atoms with Gasteiger partial charge in [-0.25, -0.2) is 0 Å². The van der Waals surface area contributed by atoms with Crippen molar-refractivity contribution >= 4 is 11.6 Å². The fourth-order valence-corrected chi connectivity index (χ4v) is 3.33. The first kappa shape index (κ1) is 17.5. The Hall–Kier alpha value is -2.33. The Morgan fingerprint density at radius 1 is 1.16 bits per heavy atom. The van der Waals surface area contributed by atoms with E-state index in [4.69, 9.17) is 4.74 Å². The van der Waals surface area contributed by atoms with Gasteiger partial charge in [0.05, 0.1) is 7.11 Å². The summed E-state index contributed by atoms with van der Waals surface area (Å²) in [6.45, 7) is 4.82. The maximum absolute atomic E-state index is 12.5. The van der Waals surface area contributed by atoms with Gasteiger partial charge in [-0.1, -0.05) is 30.3 Å². The number of nitrogens with zero attached hydrogens (tertiary/aromatic N) is 1. The highest BCUT2D eigenvalue weighted by Crippen LogP contribution is 2.23. The average Bonchev–Trinajstić information content (AvgIpc) is 2.64. The predicted molar refractivity (Wildman–Crippen MR) is 101 cm³/mol. The van der Waals surface area contributed by atoms with Crippen LogP contribution < -0.4 is 10.1 Å². The molecular weight excluding hydrogens is 312 g/mol. The van der Waals surface area contributed by atoms with Crippen molar-refractivity contribution in [2.24, 2.45) is 5.92 Å². The summed E-state index contributed by atoms with van der Waals surface area (Å²) in [5.74, 6) is 1.14. The van der Waals surface area contributed by atoms with E-state index < -0.39 is 0 Å². The predicted octanol–water partition coefficient (Wildman–Crippen LogP) is 3.85. The van der Waals surface area contributed by atoms with E-state index in [2.05, 4.69) is 22.3 Å². The molecule has 0 atom stereocenters. The molecule has 0 aliphatic carbocycles. The minimum Gasteiger partial charge on any atom is -0.497 e. The quantitative estimate of drug-likeness (QED) is 0.900. The lowest BCUT2D eigenvalue weighted by molar-refractivity contribution is -0.121. The number of ether oxygens (including phenoxy) is 1. The molecule has 25 heavy (non-hydrogen) atoms. The van der Waals surface area contributed by atoms with Crippen LogP contribution in [-0.4, -0.2) is 31.0 Å². The molecule has 132 valence electrons. The highest BCUT2D eigenvalue weighted by Gasteiger charge is 2.25. The van der Waals surface area contributed by atoms with E-state index in [1.807, 2.05) is 43.3 Å². The third-order valence-electron chi connectivity index (χ3n) is 4.90. The number of amides is 1. The van der Waals surface area contributed by atoms with Crippen LogP contribution in [-0.2, 0) is 11.3 Å². The zero-order chi connectivity index (χ0) is 17.6. The molecule has 2 aromatic rings. The number of piperidine rings is 1. The first-order valence-corrected chi connectivity index (χ1v) is 8.87. The summed E-state index contributed by atoms with van der Waals surface area (Å²) < 4.78 is 5.29. The third-order valence-corrected chi connectivity index (χ3v) is 4.90. The first-order chi connectivity index (χ1) is 12.2. The summed E-state index contributed by atoms with van der Waals surface area (Å²) in [7, 11) is 1.69. The third kappa shape index (κ3) is 4.60. The van der Waals surface area contributed by atoms with Crippen LogP contribution in [0.2, 0.25) is 0 Å². The smallest absolute Gasteiger partial charge is 0.227 e. The van der Waals surface area contributed by atoms with Crippen molar-refractivity contribution in [3.05, 3.63) is 59.7 Å². The molecule has 1 saturated heterocycles. The van der Waals surface area contributed by atoms with Crippen molar-refractivity contribution in [1.82, 2.24) is 4.90 Å². The minimum absolute atomic E-state index is 0.0983. The van der Waals surface area contributed by atoms with Crippen LogP contribution in [0, 0.1) is 12.8 Å². The van der Waals surface area contributed by atoms with E-state index in [0.29, 0.717) is 0 Å². The number of carbonyl (C=O) groups is 1. The van der Waals surface area contributed by atoms with E-state index >= 15 is 0 Å². The highest BCUT2D eigenvalue weighted by molar-refractivity contribution is 5.93. The number of methoxy groups -OCH3 is 1. The number of anilines is 1. The Kier molecular flexibility index (Phi) is 5.71. The number of hydrogen-bond acceptors (Lipinski definition) is 3. The molecule has 1 heterocycles. The highest BCUT2D eigenvalue weighted by atomic mass is 16.5. The Bertz CT molecular complexity index is 721. The number of benzene rings is 2. The Labute approximate surface area is 149 Å². The van der Waals surface area contributed by atoms with Gasteiger partial charge < -0.3 is 10.1 Å². The largest absolute Gasteiger partial charge is 0.497 e. The molecule has 1 aliphatic heterocycles. The van der Waals surface area contributed by atoms with Crippen LogP contribution >= 0.6 is 0 Å². The van der Waals surface area contributed by atoms with Crippen molar-refractivity contribution < 1.29 is 9.53 Å². The van der Waals surface area contributed by atoms with Gasteiger partial charge in [0, 0.05) is 18.2 Å². The molecule has 0 unspecified atom stereocenters. The van der Waals surface area contributed by atoms with Gasteiger partial charge in [-0.2, -0.15) is 0 Å². The van der Waals surface area contributed by atoms with Gasteiger partial charge in [0.2, 0.25) is 5.91 Å². The monoisotopic (exact) mass is 338 g/mol. The molecule has 0 spiro atoms. The van der Waals surface area contributed by atoms with Gasteiger partial charge in [-0.3, -0.25) is 9.69 Å². The van der Waals surface area contributed by atoms with Gasteiger partial charge in [0.1, 0.15) is 5.75 Å². The Balaban J connectivity index is 1.51. The second-order valence-corrected chi connectivity index (χ2v) is 6.71. The van der Waals surface area contributed by atoms with Crippen LogP contribution in [0.1, 0.15) is 24.0 Å². The Morgan fingerprint density at radius 3 is 2.64 bits per heavy atom. The van der Waals surface area contributed by atoms with Crippen LogP contribution in [0.3, 0.4) is 0 Å². The molecule has 4 nitrogen and oxygen atoms in total. The number of carbonyl (C=O) groups excluding carboxylic acids is 1. The molecule has 0 aromatic heterocycles. The lowest BCUT2D eigenvalue weighted by Gasteiger charge is -2.31. The minimum atomic E-state index is 0.0983. The Morgan fingerprint density at radius 2 is 1.92 bits per heavy atom. The molecular formula is C21H26N2O2. The summed E-state index contributed by atoms with van der Waals surface area (Å²) in [5.41, 5.74) is 3.28. The summed E-state index contributed by atoms with van der Waals surface area (Å²) in [6.07, 6.45) is 1.81. The van der Waals surface area contributed by atoms with Crippen molar-refractivity contribution in [2.45, 2.75) is 26.3 Å². The normalized spacial score (nSPS) is 15.8. The van der Waals surface area contributed by atoms with Gasteiger partial charge in [0.25, 0.3) is 0 Å². The van der Waals surface area contributed by atoms with Crippen molar-refractivity contribution in [1.29, 1.82) is 0 Å². The van der Waals surface area contributed by atoms with Crippen molar-refractivity contribution in [3.8, 4) is 5.75 Å². The number of nitrogens with one attached hydrogen (secondary N) is 1. The summed E-state index contributed by atoms with van der Waals surface area (Å²) >= 11 is 0. The fraction of sp³-hybridized carbons (Fsp3) is 0.381. The van der Waals surface area contributed by atoms with E-state index in [-0.39, 0.29) is 11.8 Å². The van der Waals surface area contributed by atoms with E-state index in [1.54, 1.807) is 7.11 Å². The molecule has 1 amide bonds. The van der Waals surface area contributed by atoms with Crippen LogP contribution in [0.4, 0.5) is 5.69 Å². The van der Waals surface area contributed by atoms with E-state index in [9.17, 15) is 4.79 Å². The molecule has 4 heteroatoms. The lowest BCUT2D eigenvalue weighted by atomic mass is 9.95. The summed E-state index contributed by atoms with van der Waals surface area (Å²) in [6, 6.07) is 16.1. The number of likely N-dealkylation sites (tertiary alicyclic amines) is 1. The fourth-order valence-electron chi connectivity index (χ4n) is 3.33. The molecule has 0 saturated carbocycles. The second kappa shape index (κ2) is 8.17. The molecule has 0 bridgehead atoms. The molecule has 1 aliphatic rings. The number of hydrogen-bond donors (Lipinski definition) is 1. The maximum atomic E-state index is 12.5. The molecule has 3 rings (SSSR count). The van der Waals surface area contributed by atoms with Crippen LogP contribution in [0.15, 0.2) is 48.5 Å². The van der Waals surface area contributed by atoms with Crippen molar-refractivity contribution in [3.63, 3.8) is 0 Å². The second-order valence-electron chi connectivity index (χ2n) is 6.71. The standard InChI is InChI=1S/C21H26N2O2/c1-16-6-3-4-9-20(16)22-21(24)18-10-12-23(13-11-18)15-17-7-5-8-19(14-17)25-2/h3-9,14,18H,10-13,15H2,1-2H3,(H,22,24). The molecule has 1 N–H and O–H groups in total. The summed E-state index contributed by atoms with van der Waals surface area (Å²) in [4.78, 5) is 14.9. The lowest BCUT2D eigenvalue weighted by Crippen LogP contribution is -2.37. The molecule has 1 fully saturated rings. The first-order valence-electron chi connectivity index (χ1n) is 8.87. The van der Waals surface area contributed by atoms with E-state index in [0.717, 1.165) is 49.5 Å². The molecule has 2 aromatic carbocycles. The van der Waals surface area contributed by atoms with Gasteiger partial charge in [-0.05, 0) is 62.2 Å². The number of para-hydroxylation sites is 1. The van der Waals surface area contributed by atoms with Crippen LogP contribution in [0.5, 0.6) is 5.75 Å². The van der Waals surface area contributed by atoms with Crippen molar-refractivity contribution in [2.75, 3.05) is 25.5 Å². The van der Waals surface area contributed by atoms with Gasteiger partial charge >= 0.3 is 0 Å². The van der Waals surface area contributed by atoms with Gasteiger partial charge in [-0.15, -0.1) is 0 Å². The number of aryl methyl sites for hydroxylation is 1. The van der Waals surface area contributed by atoms with E-state index in [1.165, 1.54) is 5.56 Å². The topological polar surface area (TPSA) is 41.6 Å². The van der Waals surface area contributed by atoms with Gasteiger partial charge in [0.15, 0.2) is 0 Å². The van der Waals surface area contributed by atoms with Crippen LogP contribution in [0.25, 0.3) is 0 Å². The maximum Gasteiger partial charge on any atom is 0.227 e. The summed E-state index contributed by atoms with van der Waals surface area (Å²) in [5, 5.41) is 3.09. The molecule has 0 radical (unpaired) electrons. The average molecular weight is 338 g/mol.